The minimum Gasteiger partial charge on any atom is -0.457 e. The average molecular weight is 712 g/mol. The van der Waals surface area contributed by atoms with Gasteiger partial charge in [-0.2, -0.15) is 21.0 Å². The van der Waals surface area contributed by atoms with Gasteiger partial charge in [0.15, 0.2) is 0 Å². The van der Waals surface area contributed by atoms with Gasteiger partial charge in [0.1, 0.15) is 47.3 Å². The standard InChI is InChI=1S/C46H22B2N6O2/c49-23-27-19-29(25-51)45-41-43(27)53(31-11-3-1-4-12-31)37-22-38-36(21-35(37)47(41)33-15-7-9-17-39(33)55-45)48-34-16-8-10-18-40(34)56-46-30(26-52)20-28(24-50)44(42(46)48)54(38)32-13-5-2-6-14-32/h1-22H. The highest BCUT2D eigenvalue weighted by molar-refractivity contribution is 7.02. The second kappa shape index (κ2) is 11.7. The van der Waals surface area contributed by atoms with Gasteiger partial charge < -0.3 is 19.3 Å². The molecule has 8 nitrogen and oxygen atoms in total. The van der Waals surface area contributed by atoms with E-state index in [0.29, 0.717) is 45.5 Å². The van der Waals surface area contributed by atoms with E-state index < -0.39 is 13.4 Å². The number of para-hydroxylation sites is 4. The molecule has 0 fully saturated rings. The SMILES string of the molecule is N#Cc1cc(C#N)c2c3c1Oc1ccccc1B3c1cc3c(cc1N2c1ccccc1)N(c1ccccc1)c1c(C#N)cc(C#N)c2c1B3c1ccccc1O2. The van der Waals surface area contributed by atoms with E-state index in [1.54, 1.807) is 12.1 Å². The van der Waals surface area contributed by atoms with Gasteiger partial charge in [-0.25, -0.2) is 0 Å². The smallest absolute Gasteiger partial charge is 0.256 e. The number of hydrogen-bond acceptors (Lipinski definition) is 8. The molecule has 7 aromatic carbocycles. The zero-order chi connectivity index (χ0) is 37.7. The lowest BCUT2D eigenvalue weighted by Gasteiger charge is -2.44. The normalized spacial score (nSPS) is 13.1. The quantitative estimate of drug-likeness (QED) is 0.201. The van der Waals surface area contributed by atoms with Crippen molar-refractivity contribution in [3.05, 3.63) is 156 Å². The predicted molar refractivity (Wildman–Crippen MR) is 217 cm³/mol. The number of hydrogen-bond donors (Lipinski definition) is 0. The fraction of sp³-hybridized carbons (Fsp3) is 0. The van der Waals surface area contributed by atoms with Crippen molar-refractivity contribution in [3.63, 3.8) is 0 Å². The molecule has 7 aromatic rings. The van der Waals surface area contributed by atoms with Gasteiger partial charge in [0.05, 0.1) is 33.6 Å². The van der Waals surface area contributed by atoms with Crippen LogP contribution in [0, 0.1) is 45.3 Å². The molecule has 0 aromatic heterocycles. The van der Waals surface area contributed by atoms with Crippen LogP contribution in [0.1, 0.15) is 22.3 Å². The van der Waals surface area contributed by atoms with Gasteiger partial charge in [0.2, 0.25) is 0 Å². The van der Waals surface area contributed by atoms with Crippen LogP contribution in [0.3, 0.4) is 0 Å². The van der Waals surface area contributed by atoms with Crippen molar-refractivity contribution in [3.8, 4) is 47.3 Å². The van der Waals surface area contributed by atoms with Crippen molar-refractivity contribution < 1.29 is 9.47 Å². The Morgan fingerprint density at radius 1 is 0.411 bits per heavy atom. The second-order valence-corrected chi connectivity index (χ2v) is 14.0. The van der Waals surface area contributed by atoms with Crippen molar-refractivity contribution in [1.82, 2.24) is 0 Å². The number of rotatable bonds is 2. The summed E-state index contributed by atoms with van der Waals surface area (Å²) in [4.78, 5) is 4.21. The first-order chi connectivity index (χ1) is 27.6. The van der Waals surface area contributed by atoms with Crippen LogP contribution >= 0.6 is 0 Å². The maximum absolute atomic E-state index is 10.8. The summed E-state index contributed by atoms with van der Waals surface area (Å²) in [5.74, 6) is 2.14. The second-order valence-electron chi connectivity index (χ2n) is 14.0. The van der Waals surface area contributed by atoms with Gasteiger partial charge in [0.25, 0.3) is 13.4 Å². The zero-order valence-corrected chi connectivity index (χ0v) is 29.4. The van der Waals surface area contributed by atoms with Gasteiger partial charge in [0, 0.05) is 22.7 Å². The minimum atomic E-state index is -0.410. The van der Waals surface area contributed by atoms with E-state index in [9.17, 15) is 21.0 Å². The lowest BCUT2D eigenvalue weighted by atomic mass is 9.30. The molecule has 11 rings (SSSR count). The highest BCUT2D eigenvalue weighted by Gasteiger charge is 2.49. The third kappa shape index (κ3) is 4.10. The Morgan fingerprint density at radius 2 is 0.804 bits per heavy atom. The Labute approximate surface area is 322 Å². The molecule has 0 unspecified atom stereocenters. The molecule has 4 aliphatic rings. The molecule has 56 heavy (non-hydrogen) atoms. The summed E-state index contributed by atoms with van der Waals surface area (Å²) >= 11 is 0. The van der Waals surface area contributed by atoms with Crippen LogP contribution in [0.5, 0.6) is 23.0 Å². The predicted octanol–water partition coefficient (Wildman–Crippen LogP) is 5.98. The molecule has 0 radical (unpaired) electrons. The maximum atomic E-state index is 10.8. The van der Waals surface area contributed by atoms with E-state index in [1.807, 2.05) is 109 Å². The van der Waals surface area contributed by atoms with Crippen LogP contribution in [-0.4, -0.2) is 13.4 Å². The van der Waals surface area contributed by atoms with Gasteiger partial charge in [-0.1, -0.05) is 78.9 Å². The fourth-order valence-corrected chi connectivity index (χ4v) is 9.12. The van der Waals surface area contributed by atoms with E-state index in [-0.39, 0.29) is 11.1 Å². The summed E-state index contributed by atoms with van der Waals surface area (Å²) in [6.45, 7) is -0.821. The summed E-state index contributed by atoms with van der Waals surface area (Å²) in [5, 5.41) is 42.5. The van der Waals surface area contributed by atoms with Gasteiger partial charge in [-0.15, -0.1) is 0 Å². The lowest BCUT2D eigenvalue weighted by Crippen LogP contribution is -2.64. The molecule has 0 saturated heterocycles. The monoisotopic (exact) mass is 712 g/mol. The average Bonchev–Trinajstić information content (AvgIpc) is 3.26. The number of fused-ring (bicyclic) bond motifs is 8. The Kier molecular flexibility index (Phi) is 6.53. The maximum Gasteiger partial charge on any atom is 0.256 e. The van der Waals surface area contributed by atoms with Crippen molar-refractivity contribution in [2.24, 2.45) is 0 Å². The number of nitriles is 4. The molecule has 0 N–H and O–H groups in total. The molecule has 0 bridgehead atoms. The molecule has 254 valence electrons. The third-order valence-corrected chi connectivity index (χ3v) is 11.3. The highest BCUT2D eigenvalue weighted by atomic mass is 16.5. The first kappa shape index (κ1) is 31.4. The van der Waals surface area contributed by atoms with Gasteiger partial charge in [-0.3, -0.25) is 0 Å². The summed E-state index contributed by atoms with van der Waals surface area (Å²) in [6, 6.07) is 52.7. The number of nitrogens with zero attached hydrogens (tertiary/aromatic N) is 6. The number of anilines is 6. The van der Waals surface area contributed by atoms with Crippen molar-refractivity contribution in [1.29, 1.82) is 21.0 Å². The van der Waals surface area contributed by atoms with Crippen LogP contribution in [0.2, 0.25) is 0 Å². The van der Waals surface area contributed by atoms with Crippen molar-refractivity contribution in [2.75, 3.05) is 9.80 Å². The largest absolute Gasteiger partial charge is 0.457 e. The highest BCUT2D eigenvalue weighted by Crippen LogP contribution is 2.48. The summed E-state index contributed by atoms with van der Waals surface area (Å²) < 4.78 is 13.2. The van der Waals surface area contributed by atoms with Crippen molar-refractivity contribution in [2.45, 2.75) is 0 Å². The molecule has 0 aliphatic carbocycles. The minimum absolute atomic E-state index is 0.287. The van der Waals surface area contributed by atoms with E-state index in [1.165, 1.54) is 0 Å². The molecule has 0 saturated carbocycles. The molecule has 4 heterocycles. The number of benzene rings is 7. The van der Waals surface area contributed by atoms with Crippen LogP contribution in [-0.2, 0) is 0 Å². The Morgan fingerprint density at radius 3 is 1.21 bits per heavy atom. The van der Waals surface area contributed by atoms with E-state index in [0.717, 1.165) is 55.5 Å². The summed E-state index contributed by atoms with van der Waals surface area (Å²) in [5.41, 5.74) is 11.1. The van der Waals surface area contributed by atoms with Crippen LogP contribution in [0.25, 0.3) is 0 Å². The molecule has 4 aliphatic heterocycles. The molecular weight excluding hydrogens is 690 g/mol. The Balaban J connectivity index is 1.32. The van der Waals surface area contributed by atoms with Gasteiger partial charge in [-0.05, 0) is 87.4 Å². The van der Waals surface area contributed by atoms with Crippen LogP contribution in [0.15, 0.2) is 133 Å². The Hall–Kier alpha value is -8.17. The fourth-order valence-electron chi connectivity index (χ4n) is 9.12. The number of ether oxygens (including phenoxy) is 2. The van der Waals surface area contributed by atoms with Crippen molar-refractivity contribution >= 4 is 80.3 Å². The summed E-state index contributed by atoms with van der Waals surface area (Å²) in [6.07, 6.45) is 0. The first-order valence-corrected chi connectivity index (χ1v) is 18.1. The van der Waals surface area contributed by atoms with Gasteiger partial charge >= 0.3 is 0 Å². The van der Waals surface area contributed by atoms with Crippen LogP contribution < -0.4 is 52.1 Å². The third-order valence-electron chi connectivity index (χ3n) is 11.3. The molecule has 0 spiro atoms. The van der Waals surface area contributed by atoms with E-state index >= 15 is 0 Å². The van der Waals surface area contributed by atoms with E-state index in [2.05, 4.69) is 46.2 Å². The zero-order valence-electron chi connectivity index (χ0n) is 29.4. The topological polar surface area (TPSA) is 120 Å². The first-order valence-electron chi connectivity index (χ1n) is 18.1. The lowest BCUT2D eigenvalue weighted by molar-refractivity contribution is 0.485. The molecule has 0 amide bonds. The summed E-state index contributed by atoms with van der Waals surface area (Å²) in [7, 11) is 0. The molecular formula is C46H22B2N6O2. The molecule has 0 atom stereocenters. The Bertz CT molecular complexity index is 2870. The van der Waals surface area contributed by atoms with E-state index in [4.69, 9.17) is 9.47 Å². The molecule has 10 heteroatoms. The van der Waals surface area contributed by atoms with Crippen LogP contribution in [0.4, 0.5) is 34.1 Å².